The lowest BCUT2D eigenvalue weighted by molar-refractivity contribution is 0.177. The number of nitrogens with zero attached hydrogens (tertiary/aromatic N) is 2. The summed E-state index contributed by atoms with van der Waals surface area (Å²) < 4.78 is 19.9. The lowest BCUT2D eigenvalue weighted by Gasteiger charge is -2.36. The van der Waals surface area contributed by atoms with Crippen molar-refractivity contribution in [2.45, 2.75) is 13.2 Å². The summed E-state index contributed by atoms with van der Waals surface area (Å²) in [7, 11) is 0. The molecule has 0 N–H and O–H groups in total. The molecule has 154 valence electrons. The van der Waals surface area contributed by atoms with Crippen molar-refractivity contribution >= 4 is 17.2 Å². The summed E-state index contributed by atoms with van der Waals surface area (Å²) in [5, 5.41) is 0. The SMILES string of the molecule is Fc1ccccc1COc1ccccc1C(=S)N1CCN(Cc2ccccc2)CC1. The Morgan fingerprint density at radius 3 is 2.27 bits per heavy atom. The molecule has 1 saturated heterocycles. The number of para-hydroxylation sites is 1. The van der Waals surface area contributed by atoms with Gasteiger partial charge in [0.25, 0.3) is 0 Å². The monoisotopic (exact) mass is 420 g/mol. The zero-order valence-electron chi connectivity index (χ0n) is 16.8. The Morgan fingerprint density at radius 2 is 1.50 bits per heavy atom. The second-order valence-corrected chi connectivity index (χ2v) is 7.82. The summed E-state index contributed by atoms with van der Waals surface area (Å²) in [6.45, 7) is 4.84. The molecule has 0 saturated carbocycles. The van der Waals surface area contributed by atoms with E-state index < -0.39 is 0 Å². The molecule has 3 aromatic rings. The van der Waals surface area contributed by atoms with Crippen molar-refractivity contribution in [2.24, 2.45) is 0 Å². The fourth-order valence-electron chi connectivity index (χ4n) is 3.66. The van der Waals surface area contributed by atoms with E-state index in [1.807, 2.05) is 36.4 Å². The number of benzene rings is 3. The van der Waals surface area contributed by atoms with Gasteiger partial charge < -0.3 is 9.64 Å². The first-order valence-electron chi connectivity index (χ1n) is 10.2. The van der Waals surface area contributed by atoms with E-state index in [1.54, 1.807) is 12.1 Å². The molecule has 3 aromatic carbocycles. The highest BCUT2D eigenvalue weighted by atomic mass is 32.1. The number of halogens is 1. The summed E-state index contributed by atoms with van der Waals surface area (Å²) >= 11 is 5.81. The Hall–Kier alpha value is -2.76. The van der Waals surface area contributed by atoms with Gasteiger partial charge in [0.05, 0.1) is 5.56 Å². The fraction of sp³-hybridized carbons (Fsp3) is 0.240. The van der Waals surface area contributed by atoms with Crippen LogP contribution in [0.4, 0.5) is 4.39 Å². The van der Waals surface area contributed by atoms with E-state index in [0.29, 0.717) is 11.3 Å². The van der Waals surface area contributed by atoms with Crippen LogP contribution >= 0.6 is 12.2 Å². The molecular weight excluding hydrogens is 395 g/mol. The van der Waals surface area contributed by atoms with E-state index in [9.17, 15) is 4.39 Å². The minimum absolute atomic E-state index is 0.178. The molecule has 1 heterocycles. The van der Waals surface area contributed by atoms with E-state index in [0.717, 1.165) is 43.3 Å². The van der Waals surface area contributed by atoms with Gasteiger partial charge in [-0.15, -0.1) is 0 Å². The molecule has 0 amide bonds. The molecule has 0 bridgehead atoms. The lowest BCUT2D eigenvalue weighted by atomic mass is 10.1. The molecule has 4 rings (SSSR count). The minimum Gasteiger partial charge on any atom is -0.488 e. The second kappa shape index (κ2) is 9.83. The van der Waals surface area contributed by atoms with Gasteiger partial charge >= 0.3 is 0 Å². The predicted molar refractivity (Wildman–Crippen MR) is 122 cm³/mol. The van der Waals surface area contributed by atoms with Gasteiger partial charge in [-0.2, -0.15) is 0 Å². The zero-order chi connectivity index (χ0) is 20.8. The van der Waals surface area contributed by atoms with E-state index >= 15 is 0 Å². The number of hydrogen-bond acceptors (Lipinski definition) is 3. The molecule has 5 heteroatoms. The van der Waals surface area contributed by atoms with Gasteiger partial charge in [-0.1, -0.05) is 72.9 Å². The Kier molecular flexibility index (Phi) is 6.72. The molecule has 1 aliphatic rings. The summed E-state index contributed by atoms with van der Waals surface area (Å²) in [6, 6.07) is 25.0. The van der Waals surface area contributed by atoms with Gasteiger partial charge in [-0.3, -0.25) is 4.90 Å². The van der Waals surface area contributed by atoms with Gasteiger partial charge in [0.1, 0.15) is 23.2 Å². The first-order valence-corrected chi connectivity index (χ1v) is 10.6. The molecule has 0 aromatic heterocycles. The maximum absolute atomic E-state index is 13.9. The van der Waals surface area contributed by atoms with Gasteiger partial charge in [0.15, 0.2) is 0 Å². The van der Waals surface area contributed by atoms with Crippen molar-refractivity contribution in [2.75, 3.05) is 26.2 Å². The molecule has 30 heavy (non-hydrogen) atoms. The predicted octanol–water partition coefficient (Wildman–Crippen LogP) is 4.90. The third-order valence-electron chi connectivity index (χ3n) is 5.37. The van der Waals surface area contributed by atoms with Crippen molar-refractivity contribution in [1.29, 1.82) is 0 Å². The smallest absolute Gasteiger partial charge is 0.130 e. The van der Waals surface area contributed by atoms with Crippen LogP contribution in [0, 0.1) is 5.82 Å². The Bertz CT molecular complexity index is 987. The minimum atomic E-state index is -0.257. The highest BCUT2D eigenvalue weighted by molar-refractivity contribution is 7.80. The normalized spacial score (nSPS) is 14.5. The van der Waals surface area contributed by atoms with Crippen LogP contribution in [0.5, 0.6) is 5.75 Å². The average Bonchev–Trinajstić information content (AvgIpc) is 2.79. The fourth-order valence-corrected chi connectivity index (χ4v) is 4.01. The summed E-state index contributed by atoms with van der Waals surface area (Å²) in [6.07, 6.45) is 0. The quantitative estimate of drug-likeness (QED) is 0.527. The van der Waals surface area contributed by atoms with Crippen molar-refractivity contribution in [3.05, 3.63) is 101 Å². The number of rotatable bonds is 6. The Balaban J connectivity index is 1.37. The molecule has 0 unspecified atom stereocenters. The zero-order valence-corrected chi connectivity index (χ0v) is 17.7. The van der Waals surface area contributed by atoms with Crippen LogP contribution in [0.3, 0.4) is 0 Å². The van der Waals surface area contributed by atoms with E-state index in [1.165, 1.54) is 11.6 Å². The van der Waals surface area contributed by atoms with Crippen molar-refractivity contribution in [3.63, 3.8) is 0 Å². The van der Waals surface area contributed by atoms with Crippen LogP contribution in [0.2, 0.25) is 0 Å². The maximum Gasteiger partial charge on any atom is 0.130 e. The van der Waals surface area contributed by atoms with Crippen LogP contribution < -0.4 is 4.74 Å². The molecule has 0 atom stereocenters. The topological polar surface area (TPSA) is 15.7 Å². The average molecular weight is 421 g/mol. The molecule has 0 aliphatic carbocycles. The van der Waals surface area contributed by atoms with Crippen LogP contribution in [0.15, 0.2) is 78.9 Å². The van der Waals surface area contributed by atoms with Gasteiger partial charge in [0, 0.05) is 38.3 Å². The second-order valence-electron chi connectivity index (χ2n) is 7.43. The first kappa shape index (κ1) is 20.5. The molecule has 0 spiro atoms. The Morgan fingerprint density at radius 1 is 0.833 bits per heavy atom. The Labute approximate surface area is 182 Å². The summed E-state index contributed by atoms with van der Waals surface area (Å²) in [5.74, 6) is 0.435. The van der Waals surface area contributed by atoms with Crippen LogP contribution in [-0.2, 0) is 13.2 Å². The third-order valence-corrected chi connectivity index (χ3v) is 5.85. The number of hydrogen-bond donors (Lipinski definition) is 0. The molecule has 1 fully saturated rings. The van der Waals surface area contributed by atoms with Gasteiger partial charge in [-0.25, -0.2) is 4.39 Å². The largest absolute Gasteiger partial charge is 0.488 e. The number of piperazine rings is 1. The van der Waals surface area contributed by atoms with Crippen molar-refractivity contribution in [1.82, 2.24) is 9.80 Å². The standard InChI is InChI=1S/C25H25FN2OS/c26-23-12-6-4-10-21(23)19-29-24-13-7-5-11-22(24)25(30)28-16-14-27(15-17-28)18-20-8-2-1-3-9-20/h1-13H,14-19H2. The van der Waals surface area contributed by atoms with E-state index in [4.69, 9.17) is 17.0 Å². The van der Waals surface area contributed by atoms with Crippen LogP contribution in [0.25, 0.3) is 0 Å². The van der Waals surface area contributed by atoms with Crippen molar-refractivity contribution in [3.8, 4) is 5.75 Å². The highest BCUT2D eigenvalue weighted by Crippen LogP contribution is 2.23. The first-order chi connectivity index (χ1) is 14.7. The van der Waals surface area contributed by atoms with Crippen LogP contribution in [0.1, 0.15) is 16.7 Å². The third kappa shape index (κ3) is 5.04. The van der Waals surface area contributed by atoms with Crippen molar-refractivity contribution < 1.29 is 9.13 Å². The summed E-state index contributed by atoms with van der Waals surface area (Å²) in [4.78, 5) is 5.48. The van der Waals surface area contributed by atoms with Crippen LogP contribution in [-0.4, -0.2) is 41.0 Å². The van der Waals surface area contributed by atoms with Gasteiger partial charge in [-0.05, 0) is 23.8 Å². The number of thiocarbonyl (C=S) groups is 1. The van der Waals surface area contributed by atoms with Gasteiger partial charge in [0.2, 0.25) is 0 Å². The number of ether oxygens (including phenoxy) is 1. The molecule has 0 radical (unpaired) electrons. The summed E-state index contributed by atoms with van der Waals surface area (Å²) in [5.41, 5.74) is 2.76. The lowest BCUT2D eigenvalue weighted by Crippen LogP contribution is -2.48. The van der Waals surface area contributed by atoms with E-state index in [2.05, 4.69) is 34.1 Å². The maximum atomic E-state index is 13.9. The highest BCUT2D eigenvalue weighted by Gasteiger charge is 2.21. The van der Waals surface area contributed by atoms with E-state index in [-0.39, 0.29) is 12.4 Å². The molecule has 1 aliphatic heterocycles. The molecular formula is C25H25FN2OS. The molecule has 3 nitrogen and oxygen atoms in total.